The lowest BCUT2D eigenvalue weighted by Crippen LogP contribution is -2.07. The van der Waals surface area contributed by atoms with Gasteiger partial charge in [-0.15, -0.1) is 0 Å². The first-order valence-corrected chi connectivity index (χ1v) is 9.63. The maximum absolute atomic E-state index is 13.0. The third-order valence-electron chi connectivity index (χ3n) is 4.93. The molecule has 4 aromatic rings. The van der Waals surface area contributed by atoms with Gasteiger partial charge in [0.1, 0.15) is 5.75 Å². The van der Waals surface area contributed by atoms with Gasteiger partial charge in [0.05, 0.1) is 17.0 Å². The van der Waals surface area contributed by atoms with Crippen molar-refractivity contribution in [3.63, 3.8) is 0 Å². The lowest BCUT2D eigenvalue weighted by molar-refractivity contribution is -0.137. The summed E-state index contributed by atoms with van der Waals surface area (Å²) in [5.41, 5.74) is 9.41. The first-order valence-electron chi connectivity index (χ1n) is 9.63. The third kappa shape index (κ3) is 4.34. The molecule has 1 atom stereocenters. The summed E-state index contributed by atoms with van der Waals surface area (Å²) in [4.78, 5) is 9.05. The van der Waals surface area contributed by atoms with Crippen LogP contribution in [0.5, 0.6) is 5.75 Å². The minimum atomic E-state index is -4.44. The van der Waals surface area contributed by atoms with Gasteiger partial charge in [0.15, 0.2) is 11.9 Å². The van der Waals surface area contributed by atoms with Crippen LogP contribution in [-0.2, 0) is 6.18 Å². The standard InChI is InChI=1S/C24H17F3N4O/c25-24(26,27)17-12-10-16(11-13-17)20-14-19(15-6-2-1-3-7-15)29-23(30-20)22(31-28)18-8-4-5-9-21(18)32/h1-14,22,28,32H. The molecule has 160 valence electrons. The molecule has 5 nitrogen and oxygen atoms in total. The van der Waals surface area contributed by atoms with E-state index in [0.717, 1.165) is 17.7 Å². The van der Waals surface area contributed by atoms with Gasteiger partial charge in [-0.05, 0) is 24.3 Å². The van der Waals surface area contributed by atoms with Crippen molar-refractivity contribution in [3.8, 4) is 28.3 Å². The maximum Gasteiger partial charge on any atom is 0.416 e. The fraction of sp³-hybridized carbons (Fsp3) is 0.0833. The topological polar surface area (TPSA) is 82.2 Å². The highest BCUT2D eigenvalue weighted by Gasteiger charge is 2.30. The summed E-state index contributed by atoms with van der Waals surface area (Å²) in [5, 5.41) is 13.9. The van der Waals surface area contributed by atoms with Crippen LogP contribution in [0.1, 0.15) is 23.0 Å². The van der Waals surface area contributed by atoms with Gasteiger partial charge in [-0.25, -0.2) is 15.5 Å². The lowest BCUT2D eigenvalue weighted by atomic mass is 10.0. The normalized spacial score (nSPS) is 12.3. The number of hydrogen-bond donors (Lipinski definition) is 2. The number of benzene rings is 3. The fourth-order valence-corrected chi connectivity index (χ4v) is 3.31. The Balaban J connectivity index is 1.87. The van der Waals surface area contributed by atoms with E-state index in [4.69, 9.17) is 5.53 Å². The number of rotatable bonds is 5. The van der Waals surface area contributed by atoms with Gasteiger partial charge in [0.2, 0.25) is 0 Å². The highest BCUT2D eigenvalue weighted by Crippen LogP contribution is 2.34. The van der Waals surface area contributed by atoms with Crippen molar-refractivity contribution >= 4 is 0 Å². The van der Waals surface area contributed by atoms with Crippen molar-refractivity contribution < 1.29 is 18.3 Å². The Morgan fingerprint density at radius 3 is 1.91 bits per heavy atom. The van der Waals surface area contributed by atoms with E-state index in [1.165, 1.54) is 18.2 Å². The summed E-state index contributed by atoms with van der Waals surface area (Å²) in [7, 11) is 0. The molecule has 8 heteroatoms. The Hall–Kier alpha value is -4.07. The molecule has 2 N–H and O–H groups in total. The second-order valence-electron chi connectivity index (χ2n) is 7.03. The number of aromatic nitrogens is 2. The fourth-order valence-electron chi connectivity index (χ4n) is 3.31. The molecule has 1 heterocycles. The summed E-state index contributed by atoms with van der Waals surface area (Å²) in [5.74, 6) is 0.0936. The van der Waals surface area contributed by atoms with E-state index in [1.807, 2.05) is 30.3 Å². The van der Waals surface area contributed by atoms with E-state index >= 15 is 0 Å². The van der Waals surface area contributed by atoms with E-state index < -0.39 is 17.8 Å². The molecule has 0 spiro atoms. The van der Waals surface area contributed by atoms with Gasteiger partial charge in [-0.1, -0.05) is 60.7 Å². The van der Waals surface area contributed by atoms with Crippen molar-refractivity contribution in [2.24, 2.45) is 5.11 Å². The predicted molar refractivity (Wildman–Crippen MR) is 113 cm³/mol. The van der Waals surface area contributed by atoms with E-state index in [1.54, 1.807) is 24.3 Å². The molecule has 3 aromatic carbocycles. The predicted octanol–water partition coefficient (Wildman–Crippen LogP) is 6.66. The van der Waals surface area contributed by atoms with E-state index in [2.05, 4.69) is 15.1 Å². The first-order chi connectivity index (χ1) is 15.4. The molecule has 0 aliphatic rings. The maximum atomic E-state index is 13.0. The lowest BCUT2D eigenvalue weighted by Gasteiger charge is -2.15. The van der Waals surface area contributed by atoms with E-state index in [-0.39, 0.29) is 11.6 Å². The largest absolute Gasteiger partial charge is 0.508 e. The zero-order valence-corrected chi connectivity index (χ0v) is 16.6. The molecular weight excluding hydrogens is 417 g/mol. The minimum Gasteiger partial charge on any atom is -0.508 e. The molecule has 32 heavy (non-hydrogen) atoms. The zero-order chi connectivity index (χ0) is 22.7. The number of para-hydroxylation sites is 1. The SMILES string of the molecule is N=NC(c1nc(-c2ccccc2)cc(-c2ccc(C(F)(F)F)cc2)n1)c1ccccc1O. The van der Waals surface area contributed by atoms with Crippen LogP contribution in [0.4, 0.5) is 13.2 Å². The number of phenols is 1. The average molecular weight is 434 g/mol. The average Bonchev–Trinajstić information content (AvgIpc) is 2.81. The Bertz CT molecular complexity index is 1240. The smallest absolute Gasteiger partial charge is 0.416 e. The van der Waals surface area contributed by atoms with Crippen LogP contribution in [0.25, 0.3) is 22.5 Å². The molecule has 0 aliphatic heterocycles. The van der Waals surface area contributed by atoms with E-state index in [9.17, 15) is 18.3 Å². The summed E-state index contributed by atoms with van der Waals surface area (Å²) >= 11 is 0. The Kier molecular flexibility index (Phi) is 5.68. The Labute approximate surface area is 181 Å². The van der Waals surface area contributed by atoms with Crippen LogP contribution >= 0.6 is 0 Å². The highest BCUT2D eigenvalue weighted by molar-refractivity contribution is 5.68. The third-order valence-corrected chi connectivity index (χ3v) is 4.93. The van der Waals surface area contributed by atoms with E-state index in [0.29, 0.717) is 22.5 Å². The van der Waals surface area contributed by atoms with Gasteiger partial charge >= 0.3 is 6.18 Å². The number of nitrogens with one attached hydrogen (secondary N) is 1. The molecule has 1 aromatic heterocycles. The first kappa shape index (κ1) is 21.2. The van der Waals surface area contributed by atoms with Crippen LogP contribution in [0, 0.1) is 5.53 Å². The summed E-state index contributed by atoms with van der Waals surface area (Å²) in [6.45, 7) is 0. The van der Waals surface area contributed by atoms with Gasteiger partial charge in [0, 0.05) is 16.7 Å². The van der Waals surface area contributed by atoms with Crippen LogP contribution < -0.4 is 0 Å². The number of halogens is 3. The molecule has 0 radical (unpaired) electrons. The van der Waals surface area contributed by atoms with Gasteiger partial charge in [-0.3, -0.25) is 0 Å². The molecular formula is C24H17F3N4O. The number of hydrogen-bond acceptors (Lipinski definition) is 5. The molecule has 1 unspecified atom stereocenters. The number of aromatic hydroxyl groups is 1. The van der Waals surface area contributed by atoms with Crippen molar-refractivity contribution in [2.45, 2.75) is 12.2 Å². The zero-order valence-electron chi connectivity index (χ0n) is 16.6. The van der Waals surface area contributed by atoms with Crippen LogP contribution in [-0.4, -0.2) is 15.1 Å². The summed E-state index contributed by atoms with van der Waals surface area (Å²) in [6, 6.07) is 21.0. The second-order valence-corrected chi connectivity index (χ2v) is 7.03. The number of nitrogens with zero attached hydrogens (tertiary/aromatic N) is 3. The van der Waals surface area contributed by atoms with Gasteiger partial charge < -0.3 is 5.11 Å². The monoisotopic (exact) mass is 434 g/mol. The van der Waals surface area contributed by atoms with Crippen molar-refractivity contribution in [3.05, 3.63) is 102 Å². The molecule has 0 saturated heterocycles. The second kappa shape index (κ2) is 8.58. The quantitative estimate of drug-likeness (QED) is 0.345. The highest BCUT2D eigenvalue weighted by atomic mass is 19.4. The minimum absolute atomic E-state index is 0.0571. The summed E-state index contributed by atoms with van der Waals surface area (Å²) in [6.07, 6.45) is -4.44. The van der Waals surface area contributed by atoms with Crippen molar-refractivity contribution in [1.29, 1.82) is 5.53 Å². The van der Waals surface area contributed by atoms with Gasteiger partial charge in [0.25, 0.3) is 0 Å². The van der Waals surface area contributed by atoms with Crippen LogP contribution in [0.3, 0.4) is 0 Å². The Morgan fingerprint density at radius 2 is 1.34 bits per heavy atom. The van der Waals surface area contributed by atoms with Crippen LogP contribution in [0.2, 0.25) is 0 Å². The molecule has 4 rings (SSSR count). The van der Waals surface area contributed by atoms with Crippen molar-refractivity contribution in [1.82, 2.24) is 9.97 Å². The molecule has 0 aliphatic carbocycles. The number of alkyl halides is 3. The molecule has 0 bridgehead atoms. The molecule has 0 saturated carbocycles. The van der Waals surface area contributed by atoms with Crippen LogP contribution in [0.15, 0.2) is 90.0 Å². The molecule has 0 fully saturated rings. The molecule has 0 amide bonds. The number of phenolic OH excluding ortho intramolecular Hbond substituents is 1. The van der Waals surface area contributed by atoms with Gasteiger partial charge in [-0.2, -0.15) is 18.3 Å². The Morgan fingerprint density at radius 1 is 0.781 bits per heavy atom. The van der Waals surface area contributed by atoms with Crippen molar-refractivity contribution in [2.75, 3.05) is 0 Å². The summed E-state index contributed by atoms with van der Waals surface area (Å²) < 4.78 is 38.9.